The smallest absolute Gasteiger partial charge is 0.315 e. The summed E-state index contributed by atoms with van der Waals surface area (Å²) in [7, 11) is 0. The highest BCUT2D eigenvalue weighted by molar-refractivity contribution is 5.76. The Morgan fingerprint density at radius 1 is 1.07 bits per heavy atom. The number of ether oxygens (including phenoxy) is 1. The molecule has 27 heavy (non-hydrogen) atoms. The van der Waals surface area contributed by atoms with Crippen molar-refractivity contribution in [3.63, 3.8) is 0 Å². The van der Waals surface area contributed by atoms with Crippen LogP contribution in [0.25, 0.3) is 0 Å². The van der Waals surface area contributed by atoms with Crippen LogP contribution in [-0.4, -0.2) is 37.7 Å². The van der Waals surface area contributed by atoms with E-state index in [0.29, 0.717) is 44.5 Å². The van der Waals surface area contributed by atoms with Crippen LogP contribution in [0.3, 0.4) is 0 Å². The summed E-state index contributed by atoms with van der Waals surface area (Å²) >= 11 is 0. The first-order chi connectivity index (χ1) is 13.2. The molecule has 6 nitrogen and oxygen atoms in total. The van der Waals surface area contributed by atoms with Crippen molar-refractivity contribution < 1.29 is 14.3 Å². The molecule has 1 fully saturated rings. The van der Waals surface area contributed by atoms with Crippen molar-refractivity contribution in [3.05, 3.63) is 29.8 Å². The van der Waals surface area contributed by atoms with Crippen molar-refractivity contribution >= 4 is 11.9 Å². The third kappa shape index (κ3) is 6.45. The molecule has 148 valence electrons. The second-order valence-corrected chi connectivity index (χ2v) is 7.63. The highest BCUT2D eigenvalue weighted by Crippen LogP contribution is 2.26. The molecule has 6 heteroatoms. The van der Waals surface area contributed by atoms with Gasteiger partial charge >= 0.3 is 6.03 Å². The molecule has 1 aliphatic heterocycles. The highest BCUT2D eigenvalue weighted by atomic mass is 16.5. The molecule has 0 bridgehead atoms. The Morgan fingerprint density at radius 3 is 2.74 bits per heavy atom. The summed E-state index contributed by atoms with van der Waals surface area (Å²) in [6.07, 6.45) is 7.82. The van der Waals surface area contributed by atoms with E-state index in [0.717, 1.165) is 25.0 Å². The maximum atomic E-state index is 12.0. The van der Waals surface area contributed by atoms with Crippen LogP contribution in [-0.2, 0) is 11.2 Å². The highest BCUT2D eigenvalue weighted by Gasteiger charge is 2.20. The minimum Gasteiger partial charge on any atom is -0.493 e. The number of hydrogen-bond donors (Lipinski definition) is 3. The molecule has 3 amide bonds. The number of fused-ring (bicyclic) bond motifs is 1. The van der Waals surface area contributed by atoms with E-state index in [4.69, 9.17) is 4.74 Å². The van der Waals surface area contributed by atoms with Gasteiger partial charge in [-0.2, -0.15) is 0 Å². The number of benzene rings is 1. The number of hydrogen-bond acceptors (Lipinski definition) is 3. The van der Waals surface area contributed by atoms with Gasteiger partial charge in [0.2, 0.25) is 5.91 Å². The molecule has 0 saturated heterocycles. The molecule has 2 aliphatic rings. The monoisotopic (exact) mass is 373 g/mol. The van der Waals surface area contributed by atoms with Gasteiger partial charge in [0, 0.05) is 31.5 Å². The lowest BCUT2D eigenvalue weighted by Crippen LogP contribution is -2.43. The van der Waals surface area contributed by atoms with E-state index in [9.17, 15) is 9.59 Å². The first kappa shape index (κ1) is 19.5. The van der Waals surface area contributed by atoms with Gasteiger partial charge in [0.15, 0.2) is 0 Å². The molecular formula is C21H31N3O3. The Morgan fingerprint density at radius 2 is 1.89 bits per heavy atom. The van der Waals surface area contributed by atoms with Gasteiger partial charge in [0.05, 0.1) is 6.61 Å². The largest absolute Gasteiger partial charge is 0.493 e. The molecule has 1 saturated carbocycles. The van der Waals surface area contributed by atoms with Gasteiger partial charge in [0.1, 0.15) is 5.75 Å². The second kappa shape index (κ2) is 10.2. The first-order valence-electron chi connectivity index (χ1n) is 10.2. The van der Waals surface area contributed by atoms with Crippen LogP contribution in [0, 0.1) is 5.92 Å². The predicted octanol–water partition coefficient (Wildman–Crippen LogP) is 2.77. The summed E-state index contributed by atoms with van der Waals surface area (Å²) in [4.78, 5) is 23.9. The standard InChI is InChI=1S/C21H31N3O3/c25-20(11-6-12-22-21(26)24-18-8-2-1-3-9-18)23-14-16-13-17-7-4-5-10-19(17)27-15-16/h4-5,7,10,16,18H,1-3,6,8-9,11-15H2,(H,23,25)(H2,22,24,26). The molecule has 0 aromatic heterocycles. The van der Waals surface area contributed by atoms with Crippen LogP contribution in [0.1, 0.15) is 50.5 Å². The summed E-state index contributed by atoms with van der Waals surface area (Å²) in [6, 6.07) is 8.25. The minimum absolute atomic E-state index is 0.0309. The number of urea groups is 1. The summed E-state index contributed by atoms with van der Waals surface area (Å²) in [5.74, 6) is 1.30. The molecule has 0 spiro atoms. The maximum Gasteiger partial charge on any atom is 0.315 e. The van der Waals surface area contributed by atoms with Crippen LogP contribution in [0.15, 0.2) is 24.3 Å². The Kier molecular flexibility index (Phi) is 7.36. The zero-order chi connectivity index (χ0) is 18.9. The maximum absolute atomic E-state index is 12.0. The van der Waals surface area contributed by atoms with Gasteiger partial charge in [-0.15, -0.1) is 0 Å². The van der Waals surface area contributed by atoms with Crippen molar-refractivity contribution in [3.8, 4) is 5.75 Å². The average molecular weight is 373 g/mol. The van der Waals surface area contributed by atoms with E-state index in [1.54, 1.807) is 0 Å². The fraction of sp³-hybridized carbons (Fsp3) is 0.619. The molecule has 1 heterocycles. The lowest BCUT2D eigenvalue weighted by molar-refractivity contribution is -0.121. The number of carbonyl (C=O) groups excluding carboxylic acids is 2. The Hall–Kier alpha value is -2.24. The first-order valence-corrected chi connectivity index (χ1v) is 10.2. The average Bonchev–Trinajstić information content (AvgIpc) is 2.70. The predicted molar refractivity (Wildman–Crippen MR) is 105 cm³/mol. The van der Waals surface area contributed by atoms with Crippen LogP contribution in [0.5, 0.6) is 5.75 Å². The van der Waals surface area contributed by atoms with Crippen LogP contribution < -0.4 is 20.7 Å². The lowest BCUT2D eigenvalue weighted by Gasteiger charge is -2.25. The summed E-state index contributed by atoms with van der Waals surface area (Å²) < 4.78 is 5.75. The van der Waals surface area contributed by atoms with Crippen molar-refractivity contribution in [2.24, 2.45) is 5.92 Å². The van der Waals surface area contributed by atoms with E-state index in [1.807, 2.05) is 18.2 Å². The van der Waals surface area contributed by atoms with E-state index in [1.165, 1.54) is 24.8 Å². The molecule has 3 N–H and O–H groups in total. The lowest BCUT2D eigenvalue weighted by atomic mass is 9.96. The van der Waals surface area contributed by atoms with Crippen molar-refractivity contribution in [1.29, 1.82) is 0 Å². The summed E-state index contributed by atoms with van der Waals surface area (Å²) in [6.45, 7) is 1.79. The quantitative estimate of drug-likeness (QED) is 0.643. The van der Waals surface area contributed by atoms with Gasteiger partial charge in [-0.3, -0.25) is 4.79 Å². The van der Waals surface area contributed by atoms with Gasteiger partial charge < -0.3 is 20.7 Å². The van der Waals surface area contributed by atoms with E-state index in [2.05, 4.69) is 22.0 Å². The number of para-hydroxylation sites is 1. The van der Waals surface area contributed by atoms with E-state index in [-0.39, 0.29) is 11.9 Å². The van der Waals surface area contributed by atoms with E-state index >= 15 is 0 Å². The fourth-order valence-corrected chi connectivity index (χ4v) is 3.80. The summed E-state index contributed by atoms with van der Waals surface area (Å²) in [5, 5.41) is 8.86. The molecule has 1 unspecified atom stereocenters. The third-order valence-electron chi connectivity index (χ3n) is 5.35. The molecule has 3 rings (SSSR count). The topological polar surface area (TPSA) is 79.5 Å². The van der Waals surface area contributed by atoms with Crippen LogP contribution in [0.2, 0.25) is 0 Å². The van der Waals surface area contributed by atoms with Crippen LogP contribution in [0.4, 0.5) is 4.79 Å². The Balaban J connectivity index is 1.24. The fourth-order valence-electron chi connectivity index (χ4n) is 3.80. The number of nitrogens with one attached hydrogen (secondary N) is 3. The molecular weight excluding hydrogens is 342 g/mol. The molecule has 1 aliphatic carbocycles. The molecule has 1 aromatic rings. The molecule has 0 radical (unpaired) electrons. The van der Waals surface area contributed by atoms with Gasteiger partial charge in [-0.05, 0) is 37.3 Å². The van der Waals surface area contributed by atoms with Crippen molar-refractivity contribution in [2.45, 2.75) is 57.4 Å². The van der Waals surface area contributed by atoms with Crippen LogP contribution >= 0.6 is 0 Å². The Labute approximate surface area is 161 Å². The zero-order valence-corrected chi connectivity index (χ0v) is 16.0. The third-order valence-corrected chi connectivity index (χ3v) is 5.35. The SMILES string of the molecule is O=C(CCCNC(=O)NC1CCCCC1)NCC1COc2ccccc2C1. The minimum atomic E-state index is -0.111. The number of carbonyl (C=O) groups is 2. The van der Waals surface area contributed by atoms with Gasteiger partial charge in [-0.1, -0.05) is 37.5 Å². The number of amides is 3. The summed E-state index contributed by atoms with van der Waals surface area (Å²) in [5.41, 5.74) is 1.20. The molecule has 1 atom stereocenters. The van der Waals surface area contributed by atoms with Crippen molar-refractivity contribution in [2.75, 3.05) is 19.7 Å². The van der Waals surface area contributed by atoms with Crippen molar-refractivity contribution in [1.82, 2.24) is 16.0 Å². The number of rotatable bonds is 7. The second-order valence-electron chi connectivity index (χ2n) is 7.63. The Bertz CT molecular complexity index is 629. The molecule has 1 aromatic carbocycles. The van der Waals surface area contributed by atoms with Gasteiger partial charge in [0.25, 0.3) is 0 Å². The van der Waals surface area contributed by atoms with Gasteiger partial charge in [-0.25, -0.2) is 4.79 Å². The van der Waals surface area contributed by atoms with E-state index < -0.39 is 0 Å². The normalized spacial score (nSPS) is 19.5. The zero-order valence-electron chi connectivity index (χ0n) is 16.0.